The lowest BCUT2D eigenvalue weighted by molar-refractivity contribution is -0.132. The van der Waals surface area contributed by atoms with Gasteiger partial charge in [0.2, 0.25) is 5.91 Å². The predicted octanol–water partition coefficient (Wildman–Crippen LogP) is 3.60. The molecule has 146 valence electrons. The summed E-state index contributed by atoms with van der Waals surface area (Å²) in [5, 5.41) is 3.36. The predicted molar refractivity (Wildman–Crippen MR) is 106 cm³/mol. The van der Waals surface area contributed by atoms with Gasteiger partial charge in [0.25, 0.3) is 0 Å². The summed E-state index contributed by atoms with van der Waals surface area (Å²) < 4.78 is 15.2. The number of rotatable bonds is 5. The van der Waals surface area contributed by atoms with Gasteiger partial charge < -0.3 is 10.2 Å². The molecule has 4 rings (SSSR count). The van der Waals surface area contributed by atoms with Gasteiger partial charge in [0.1, 0.15) is 17.3 Å². The van der Waals surface area contributed by atoms with E-state index in [1.165, 1.54) is 12.1 Å². The molecule has 0 saturated carbocycles. The first-order valence-electron chi connectivity index (χ1n) is 9.71. The fraction of sp³-hybridized carbons (Fsp3) is 0.381. The molecule has 1 aliphatic rings. The Morgan fingerprint density at radius 2 is 2.00 bits per heavy atom. The zero-order valence-electron chi connectivity index (χ0n) is 15.9. The Morgan fingerprint density at radius 3 is 2.75 bits per heavy atom. The van der Waals surface area contributed by atoms with Crippen LogP contribution in [0.3, 0.4) is 0 Å². The first-order valence-corrected chi connectivity index (χ1v) is 9.71. The number of carbonyl (C=O) groups excluding carboxylic acids is 1. The molecule has 0 aliphatic carbocycles. The first-order chi connectivity index (χ1) is 13.6. The standard InChI is InChI=1S/C21H24FN5O/c1-15-7-11-26(12-8-15)19(28)6-9-24-21-20(16-2-4-17(22)5-3-16)25-18-14-23-10-13-27(18)21/h2-5,10,13-15,24H,6-9,11-12H2,1H3. The molecule has 3 heterocycles. The number of piperidine rings is 1. The van der Waals surface area contributed by atoms with E-state index < -0.39 is 0 Å². The molecule has 1 amide bonds. The SMILES string of the molecule is CC1CCN(C(=O)CCNc2c(-c3ccc(F)cc3)nc3cnccn23)CC1. The van der Waals surface area contributed by atoms with E-state index in [1.807, 2.05) is 15.5 Å². The lowest BCUT2D eigenvalue weighted by Gasteiger charge is -2.30. The van der Waals surface area contributed by atoms with Crippen LogP contribution in [0.2, 0.25) is 0 Å². The second-order valence-corrected chi connectivity index (χ2v) is 7.36. The van der Waals surface area contributed by atoms with Crippen LogP contribution in [-0.4, -0.2) is 44.8 Å². The van der Waals surface area contributed by atoms with Crippen LogP contribution in [0.25, 0.3) is 16.9 Å². The van der Waals surface area contributed by atoms with Crippen LogP contribution in [0.5, 0.6) is 0 Å². The van der Waals surface area contributed by atoms with Crippen LogP contribution >= 0.6 is 0 Å². The fourth-order valence-electron chi connectivity index (χ4n) is 3.59. The molecule has 28 heavy (non-hydrogen) atoms. The Bertz CT molecular complexity index is 961. The van der Waals surface area contributed by atoms with E-state index in [4.69, 9.17) is 0 Å². The Hall–Kier alpha value is -2.96. The Labute approximate surface area is 163 Å². The zero-order chi connectivity index (χ0) is 19.5. The van der Waals surface area contributed by atoms with Crippen molar-refractivity contribution in [1.29, 1.82) is 0 Å². The topological polar surface area (TPSA) is 62.5 Å². The minimum Gasteiger partial charge on any atom is -0.369 e. The monoisotopic (exact) mass is 381 g/mol. The molecule has 1 fully saturated rings. The van der Waals surface area contributed by atoms with Gasteiger partial charge in [-0.05, 0) is 43.0 Å². The highest BCUT2D eigenvalue weighted by Gasteiger charge is 2.20. The summed E-state index contributed by atoms with van der Waals surface area (Å²) in [6.07, 6.45) is 7.77. The third-order valence-electron chi connectivity index (χ3n) is 5.32. The highest BCUT2D eigenvalue weighted by molar-refractivity contribution is 5.78. The quantitative estimate of drug-likeness (QED) is 0.734. The number of hydrogen-bond donors (Lipinski definition) is 1. The summed E-state index contributed by atoms with van der Waals surface area (Å²) >= 11 is 0. The van der Waals surface area contributed by atoms with Crippen molar-refractivity contribution < 1.29 is 9.18 Å². The van der Waals surface area contributed by atoms with Crippen LogP contribution < -0.4 is 5.32 Å². The van der Waals surface area contributed by atoms with Gasteiger partial charge in [0.05, 0.1) is 6.20 Å². The summed E-state index contributed by atoms with van der Waals surface area (Å²) in [6, 6.07) is 6.25. The number of amides is 1. The molecule has 3 aromatic rings. The average Bonchev–Trinajstić information content (AvgIpc) is 3.08. The van der Waals surface area contributed by atoms with Gasteiger partial charge in [-0.3, -0.25) is 14.2 Å². The smallest absolute Gasteiger partial charge is 0.224 e. The van der Waals surface area contributed by atoms with Crippen molar-refractivity contribution in [2.45, 2.75) is 26.2 Å². The number of aromatic nitrogens is 3. The van der Waals surface area contributed by atoms with Crippen LogP contribution in [0.15, 0.2) is 42.9 Å². The number of likely N-dealkylation sites (tertiary alicyclic amines) is 1. The molecule has 1 aromatic carbocycles. The van der Waals surface area contributed by atoms with Gasteiger partial charge in [-0.25, -0.2) is 9.37 Å². The maximum Gasteiger partial charge on any atom is 0.224 e. The lowest BCUT2D eigenvalue weighted by Crippen LogP contribution is -2.38. The molecule has 0 radical (unpaired) electrons. The van der Waals surface area contributed by atoms with Gasteiger partial charge in [-0.1, -0.05) is 6.92 Å². The lowest BCUT2D eigenvalue weighted by atomic mass is 9.99. The van der Waals surface area contributed by atoms with Gasteiger partial charge in [0, 0.05) is 44.0 Å². The fourth-order valence-corrected chi connectivity index (χ4v) is 3.59. The van der Waals surface area contributed by atoms with Crippen molar-refractivity contribution in [3.63, 3.8) is 0 Å². The maximum absolute atomic E-state index is 13.3. The molecule has 6 nitrogen and oxygen atoms in total. The summed E-state index contributed by atoms with van der Waals surface area (Å²) in [5.74, 6) is 1.37. The number of fused-ring (bicyclic) bond motifs is 1. The molecule has 0 atom stereocenters. The number of imidazole rings is 1. The van der Waals surface area contributed by atoms with Crippen LogP contribution in [-0.2, 0) is 4.79 Å². The zero-order valence-corrected chi connectivity index (χ0v) is 15.9. The van der Waals surface area contributed by atoms with E-state index in [1.54, 1.807) is 24.5 Å². The summed E-state index contributed by atoms with van der Waals surface area (Å²) in [6.45, 7) is 4.44. The van der Waals surface area contributed by atoms with Gasteiger partial charge in [-0.2, -0.15) is 0 Å². The second kappa shape index (κ2) is 7.96. The summed E-state index contributed by atoms with van der Waals surface area (Å²) in [4.78, 5) is 23.2. The van der Waals surface area contributed by atoms with Crippen molar-refractivity contribution in [2.75, 3.05) is 25.0 Å². The molecule has 1 saturated heterocycles. The third kappa shape index (κ3) is 3.83. The first kappa shape index (κ1) is 18.4. The number of anilines is 1. The molecule has 7 heteroatoms. The van der Waals surface area contributed by atoms with E-state index >= 15 is 0 Å². The van der Waals surface area contributed by atoms with Crippen molar-refractivity contribution in [1.82, 2.24) is 19.3 Å². The van der Waals surface area contributed by atoms with Crippen molar-refractivity contribution in [3.05, 3.63) is 48.7 Å². The number of carbonyl (C=O) groups is 1. The maximum atomic E-state index is 13.3. The van der Waals surface area contributed by atoms with Crippen molar-refractivity contribution >= 4 is 17.4 Å². The molecule has 2 aromatic heterocycles. The van der Waals surface area contributed by atoms with Crippen LogP contribution in [0.1, 0.15) is 26.2 Å². The van der Waals surface area contributed by atoms with E-state index in [-0.39, 0.29) is 11.7 Å². The molecule has 0 unspecified atom stereocenters. The number of benzene rings is 1. The minimum atomic E-state index is -0.287. The summed E-state index contributed by atoms with van der Waals surface area (Å²) in [5.41, 5.74) is 2.22. The van der Waals surface area contributed by atoms with Gasteiger partial charge in [0.15, 0.2) is 5.65 Å². The van der Waals surface area contributed by atoms with E-state index in [0.717, 1.165) is 37.3 Å². The van der Waals surface area contributed by atoms with Crippen LogP contribution in [0, 0.1) is 11.7 Å². The van der Waals surface area contributed by atoms with Crippen LogP contribution in [0.4, 0.5) is 10.2 Å². The van der Waals surface area contributed by atoms with Gasteiger partial charge in [-0.15, -0.1) is 0 Å². The Balaban J connectivity index is 1.50. The number of hydrogen-bond acceptors (Lipinski definition) is 4. The normalized spacial score (nSPS) is 15.1. The van der Waals surface area contributed by atoms with E-state index in [0.29, 0.717) is 30.2 Å². The van der Waals surface area contributed by atoms with E-state index in [9.17, 15) is 9.18 Å². The van der Waals surface area contributed by atoms with Crippen molar-refractivity contribution in [2.24, 2.45) is 5.92 Å². The Kier molecular flexibility index (Phi) is 5.23. The molecule has 1 N–H and O–H groups in total. The molecule has 1 aliphatic heterocycles. The highest BCUT2D eigenvalue weighted by Crippen LogP contribution is 2.28. The highest BCUT2D eigenvalue weighted by atomic mass is 19.1. The van der Waals surface area contributed by atoms with Crippen molar-refractivity contribution in [3.8, 4) is 11.3 Å². The van der Waals surface area contributed by atoms with E-state index in [2.05, 4.69) is 22.2 Å². The average molecular weight is 381 g/mol. The largest absolute Gasteiger partial charge is 0.369 e. The number of halogens is 1. The van der Waals surface area contributed by atoms with Gasteiger partial charge >= 0.3 is 0 Å². The minimum absolute atomic E-state index is 0.179. The Morgan fingerprint density at radius 1 is 1.25 bits per heavy atom. The molecular weight excluding hydrogens is 357 g/mol. The number of nitrogens with one attached hydrogen (secondary N) is 1. The molecule has 0 spiro atoms. The summed E-state index contributed by atoms with van der Waals surface area (Å²) in [7, 11) is 0. The molecule has 0 bridgehead atoms. The molecular formula is C21H24FN5O. The third-order valence-corrected chi connectivity index (χ3v) is 5.32. The second-order valence-electron chi connectivity index (χ2n) is 7.36. The number of nitrogens with zero attached hydrogens (tertiary/aromatic N) is 4.